The van der Waals surface area contributed by atoms with Crippen molar-refractivity contribution in [3.8, 4) is 0 Å². The number of nitrogens with zero attached hydrogens (tertiary/aromatic N) is 3. The highest BCUT2D eigenvalue weighted by Crippen LogP contribution is 2.30. The lowest BCUT2D eigenvalue weighted by atomic mass is 10.1. The van der Waals surface area contributed by atoms with E-state index in [1.807, 2.05) is 0 Å². The van der Waals surface area contributed by atoms with Gasteiger partial charge in [-0.05, 0) is 43.7 Å². The molecular formula is C16H24N4. The zero-order valence-electron chi connectivity index (χ0n) is 12.1. The first-order chi connectivity index (χ1) is 9.85. The van der Waals surface area contributed by atoms with Gasteiger partial charge in [-0.3, -0.25) is 4.90 Å². The van der Waals surface area contributed by atoms with Crippen molar-refractivity contribution in [2.75, 3.05) is 31.1 Å². The smallest absolute Gasteiger partial charge is 0.133 e. The van der Waals surface area contributed by atoms with E-state index in [0.717, 1.165) is 25.6 Å². The van der Waals surface area contributed by atoms with Crippen molar-refractivity contribution >= 4 is 5.82 Å². The van der Waals surface area contributed by atoms with Gasteiger partial charge < -0.3 is 10.6 Å². The van der Waals surface area contributed by atoms with Gasteiger partial charge in [0.25, 0.3) is 0 Å². The maximum absolute atomic E-state index is 5.96. The van der Waals surface area contributed by atoms with Gasteiger partial charge in [-0.25, -0.2) is 4.98 Å². The van der Waals surface area contributed by atoms with Gasteiger partial charge in [0.05, 0.1) is 0 Å². The summed E-state index contributed by atoms with van der Waals surface area (Å²) in [6, 6.07) is 3.21. The van der Waals surface area contributed by atoms with Crippen LogP contribution < -0.4 is 10.6 Å². The van der Waals surface area contributed by atoms with Crippen molar-refractivity contribution < 1.29 is 0 Å². The number of pyridine rings is 1. The summed E-state index contributed by atoms with van der Waals surface area (Å²) in [4.78, 5) is 10.1. The lowest BCUT2D eigenvalue weighted by Crippen LogP contribution is -2.47. The number of fused-ring (bicyclic) bond motifs is 1. The molecule has 2 heterocycles. The Labute approximate surface area is 121 Å². The highest BCUT2D eigenvalue weighted by molar-refractivity contribution is 5.51. The zero-order valence-corrected chi connectivity index (χ0v) is 12.1. The van der Waals surface area contributed by atoms with Crippen LogP contribution in [0.15, 0.2) is 6.07 Å². The number of anilines is 1. The van der Waals surface area contributed by atoms with E-state index >= 15 is 0 Å². The van der Waals surface area contributed by atoms with Crippen molar-refractivity contribution in [3.63, 3.8) is 0 Å². The first-order valence-electron chi connectivity index (χ1n) is 8.06. The summed E-state index contributed by atoms with van der Waals surface area (Å²) in [6.45, 7) is 5.20. The second-order valence-corrected chi connectivity index (χ2v) is 6.39. The molecule has 4 nitrogen and oxygen atoms in total. The molecular weight excluding hydrogens is 248 g/mol. The Hall–Kier alpha value is -1.13. The lowest BCUT2D eigenvalue weighted by molar-refractivity contribution is 0.247. The second-order valence-electron chi connectivity index (χ2n) is 6.39. The van der Waals surface area contributed by atoms with E-state index in [2.05, 4.69) is 15.9 Å². The number of aryl methyl sites for hydroxylation is 2. The fraction of sp³-hybridized carbons (Fsp3) is 0.688. The molecule has 1 aromatic heterocycles. The van der Waals surface area contributed by atoms with Gasteiger partial charge >= 0.3 is 0 Å². The van der Waals surface area contributed by atoms with Crippen molar-refractivity contribution in [1.29, 1.82) is 0 Å². The van der Waals surface area contributed by atoms with Crippen LogP contribution in [0.4, 0.5) is 5.82 Å². The highest BCUT2D eigenvalue weighted by Gasteiger charge is 2.32. The summed E-state index contributed by atoms with van der Waals surface area (Å²) in [5.74, 6) is 1.17. The summed E-state index contributed by atoms with van der Waals surface area (Å²) < 4.78 is 0. The van der Waals surface area contributed by atoms with Gasteiger partial charge in [0.15, 0.2) is 0 Å². The summed E-state index contributed by atoms with van der Waals surface area (Å²) in [6.07, 6.45) is 6.40. The first kappa shape index (κ1) is 12.6. The van der Waals surface area contributed by atoms with Crippen molar-refractivity contribution in [3.05, 3.63) is 22.9 Å². The van der Waals surface area contributed by atoms with Crippen LogP contribution in [0.1, 0.15) is 36.1 Å². The number of hydrogen-bond acceptors (Lipinski definition) is 4. The topological polar surface area (TPSA) is 45.4 Å². The van der Waals surface area contributed by atoms with Crippen LogP contribution in [-0.2, 0) is 19.4 Å². The van der Waals surface area contributed by atoms with Crippen LogP contribution in [0, 0.1) is 0 Å². The molecule has 0 aromatic carbocycles. The van der Waals surface area contributed by atoms with Crippen LogP contribution in [0.5, 0.6) is 0 Å². The molecule has 4 heteroatoms. The Morgan fingerprint density at radius 2 is 1.95 bits per heavy atom. The van der Waals surface area contributed by atoms with E-state index in [-0.39, 0.29) is 0 Å². The molecule has 1 aromatic rings. The predicted molar refractivity (Wildman–Crippen MR) is 81.0 cm³/mol. The zero-order chi connectivity index (χ0) is 13.5. The molecule has 1 saturated carbocycles. The van der Waals surface area contributed by atoms with E-state index < -0.39 is 0 Å². The molecule has 2 fully saturated rings. The quantitative estimate of drug-likeness (QED) is 0.901. The normalized spacial score (nSPS) is 23.1. The highest BCUT2D eigenvalue weighted by atomic mass is 15.3. The summed E-state index contributed by atoms with van der Waals surface area (Å²) in [7, 11) is 0. The largest absolute Gasteiger partial charge is 0.354 e. The van der Waals surface area contributed by atoms with Gasteiger partial charge in [-0.2, -0.15) is 0 Å². The molecule has 108 valence electrons. The van der Waals surface area contributed by atoms with E-state index in [0.29, 0.717) is 6.54 Å². The maximum atomic E-state index is 5.96. The Kier molecular flexibility index (Phi) is 3.15. The SMILES string of the molecule is NCc1cc2c(nc1N1CCN(C3CC3)CC1)CCC2. The van der Waals surface area contributed by atoms with E-state index in [9.17, 15) is 0 Å². The van der Waals surface area contributed by atoms with Gasteiger partial charge in [0, 0.05) is 50.0 Å². The summed E-state index contributed by atoms with van der Waals surface area (Å²) >= 11 is 0. The molecule has 0 radical (unpaired) electrons. The molecule has 1 aliphatic heterocycles. The standard InChI is InChI=1S/C16H24N4/c17-11-13-10-12-2-1-3-15(12)18-16(13)20-8-6-19(7-9-20)14-4-5-14/h10,14H,1-9,11,17H2. The number of piperazine rings is 1. The van der Waals surface area contributed by atoms with E-state index in [1.54, 1.807) is 0 Å². The molecule has 2 aliphatic carbocycles. The minimum atomic E-state index is 0.610. The number of rotatable bonds is 3. The molecule has 0 bridgehead atoms. The van der Waals surface area contributed by atoms with Crippen molar-refractivity contribution in [2.24, 2.45) is 5.73 Å². The molecule has 3 aliphatic rings. The molecule has 0 atom stereocenters. The Balaban J connectivity index is 1.55. The molecule has 4 rings (SSSR count). The average molecular weight is 272 g/mol. The van der Waals surface area contributed by atoms with Gasteiger partial charge in [0.2, 0.25) is 0 Å². The predicted octanol–water partition coefficient (Wildman–Crippen LogP) is 1.31. The Morgan fingerprint density at radius 1 is 1.15 bits per heavy atom. The fourth-order valence-electron chi connectivity index (χ4n) is 3.67. The second kappa shape index (κ2) is 5.01. The lowest BCUT2D eigenvalue weighted by Gasteiger charge is -2.36. The maximum Gasteiger partial charge on any atom is 0.133 e. The molecule has 0 spiro atoms. The molecule has 20 heavy (non-hydrogen) atoms. The fourth-order valence-corrected chi connectivity index (χ4v) is 3.67. The van der Waals surface area contributed by atoms with E-state index in [4.69, 9.17) is 10.7 Å². The number of nitrogens with two attached hydrogens (primary N) is 1. The monoisotopic (exact) mass is 272 g/mol. The van der Waals surface area contributed by atoms with Crippen LogP contribution in [0.2, 0.25) is 0 Å². The number of hydrogen-bond donors (Lipinski definition) is 1. The van der Waals surface area contributed by atoms with Gasteiger partial charge in [-0.15, -0.1) is 0 Å². The van der Waals surface area contributed by atoms with Crippen molar-refractivity contribution in [1.82, 2.24) is 9.88 Å². The van der Waals surface area contributed by atoms with Crippen LogP contribution in [0.25, 0.3) is 0 Å². The minimum absolute atomic E-state index is 0.610. The summed E-state index contributed by atoms with van der Waals surface area (Å²) in [5, 5.41) is 0. The molecule has 0 amide bonds. The Morgan fingerprint density at radius 3 is 2.65 bits per heavy atom. The average Bonchev–Trinajstić information content (AvgIpc) is 3.24. The Bertz CT molecular complexity index is 501. The molecule has 0 unspecified atom stereocenters. The number of aromatic nitrogens is 1. The third-order valence-corrected chi connectivity index (χ3v) is 5.00. The summed E-state index contributed by atoms with van der Waals surface area (Å²) in [5.41, 5.74) is 9.96. The third-order valence-electron chi connectivity index (χ3n) is 5.00. The molecule has 1 saturated heterocycles. The van der Waals surface area contributed by atoms with Crippen LogP contribution in [0.3, 0.4) is 0 Å². The molecule has 2 N–H and O–H groups in total. The van der Waals surface area contributed by atoms with Crippen molar-refractivity contribution in [2.45, 2.75) is 44.7 Å². The van der Waals surface area contributed by atoms with Crippen LogP contribution >= 0.6 is 0 Å². The minimum Gasteiger partial charge on any atom is -0.354 e. The first-order valence-corrected chi connectivity index (χ1v) is 8.06. The third kappa shape index (κ3) is 2.21. The van der Waals surface area contributed by atoms with Gasteiger partial charge in [0.1, 0.15) is 5.82 Å². The van der Waals surface area contributed by atoms with E-state index in [1.165, 1.54) is 61.4 Å². The van der Waals surface area contributed by atoms with Gasteiger partial charge in [-0.1, -0.05) is 0 Å². The van der Waals surface area contributed by atoms with Crippen LogP contribution in [-0.4, -0.2) is 42.1 Å².